The molecule has 0 saturated heterocycles. The maximum atomic E-state index is 12.7. The second-order valence-corrected chi connectivity index (χ2v) is 8.24. The average Bonchev–Trinajstić information content (AvgIpc) is 3.06. The van der Waals surface area contributed by atoms with E-state index >= 15 is 0 Å². The highest BCUT2D eigenvalue weighted by Gasteiger charge is 2.26. The molecule has 158 valence electrons. The van der Waals surface area contributed by atoms with Gasteiger partial charge in [-0.3, -0.25) is 9.59 Å². The predicted octanol–water partition coefficient (Wildman–Crippen LogP) is 2.49. The summed E-state index contributed by atoms with van der Waals surface area (Å²) in [6, 6.07) is 0.828. The first-order valence-electron chi connectivity index (χ1n) is 9.16. The van der Waals surface area contributed by atoms with E-state index in [-0.39, 0.29) is 12.3 Å². The van der Waals surface area contributed by atoms with Gasteiger partial charge in [0, 0.05) is 20.1 Å². The largest absolute Gasteiger partial charge is 0.444 e. The zero-order valence-corrected chi connectivity index (χ0v) is 18.1. The van der Waals surface area contributed by atoms with Gasteiger partial charge in [-0.1, -0.05) is 13.8 Å². The number of hydrogen-bond acceptors (Lipinski definition) is 7. The Morgan fingerprint density at radius 1 is 1.25 bits per heavy atom. The molecule has 0 aliphatic heterocycles. The molecule has 1 rings (SSSR count). The number of aliphatic hydroxyl groups excluding tert-OH is 1. The van der Waals surface area contributed by atoms with Crippen LogP contribution in [-0.4, -0.2) is 54.5 Å². The molecular weight excluding hydrogens is 384 g/mol. The zero-order valence-electron chi connectivity index (χ0n) is 17.3. The first-order valence-corrected chi connectivity index (χ1v) is 9.98. The van der Waals surface area contributed by atoms with Crippen molar-refractivity contribution in [3.63, 3.8) is 0 Å². The summed E-state index contributed by atoms with van der Waals surface area (Å²) in [6.07, 6.45) is -1.06. The Morgan fingerprint density at radius 2 is 1.89 bits per heavy atom. The number of carbonyl (C=O) groups excluding carboxylic acids is 3. The third kappa shape index (κ3) is 7.21. The molecule has 3 N–H and O–H groups in total. The lowest BCUT2D eigenvalue weighted by Gasteiger charge is -2.25. The van der Waals surface area contributed by atoms with Crippen molar-refractivity contribution in [3.8, 4) is 0 Å². The number of Topliss-reactive ketones (excluding diaryl/α,β-unsaturated/α-hetero) is 1. The van der Waals surface area contributed by atoms with E-state index in [0.29, 0.717) is 22.6 Å². The van der Waals surface area contributed by atoms with Crippen LogP contribution in [0.1, 0.15) is 65.9 Å². The van der Waals surface area contributed by atoms with E-state index in [1.807, 2.05) is 6.92 Å². The standard InChI is InChI=1S/C19H30N2O6S/c1-7-11-9-14(13(22)8-2)28-15(11)16(23)21-12(17(24)26-6)10-20-18(25)27-19(3,4)5/h9,12,17,24H,7-8,10H2,1-6H3,(H,20,25)(H,21,23). The van der Waals surface area contributed by atoms with E-state index in [9.17, 15) is 19.5 Å². The third-order valence-electron chi connectivity index (χ3n) is 3.76. The summed E-state index contributed by atoms with van der Waals surface area (Å²) in [5.74, 6) is -0.470. The van der Waals surface area contributed by atoms with Gasteiger partial charge in [0.1, 0.15) is 5.60 Å². The molecule has 8 nitrogen and oxygen atoms in total. The topological polar surface area (TPSA) is 114 Å². The lowest BCUT2D eigenvalue weighted by Crippen LogP contribution is -2.51. The SMILES string of the molecule is CCC(=O)c1cc(CC)c(C(=O)NC(CNC(=O)OC(C)(C)C)C(O)OC)s1. The average molecular weight is 415 g/mol. The number of aliphatic hydroxyl groups is 1. The van der Waals surface area contributed by atoms with Gasteiger partial charge in [-0.05, 0) is 38.8 Å². The van der Waals surface area contributed by atoms with Gasteiger partial charge in [0.05, 0.1) is 15.8 Å². The summed E-state index contributed by atoms with van der Waals surface area (Å²) < 4.78 is 10.0. The van der Waals surface area contributed by atoms with Crippen LogP contribution in [0, 0.1) is 0 Å². The van der Waals surface area contributed by atoms with Gasteiger partial charge in [0.25, 0.3) is 5.91 Å². The lowest BCUT2D eigenvalue weighted by atomic mass is 10.1. The number of nitrogens with one attached hydrogen (secondary N) is 2. The van der Waals surface area contributed by atoms with Crippen molar-refractivity contribution in [2.24, 2.45) is 0 Å². The van der Waals surface area contributed by atoms with Crippen LogP contribution < -0.4 is 10.6 Å². The van der Waals surface area contributed by atoms with E-state index in [2.05, 4.69) is 10.6 Å². The maximum absolute atomic E-state index is 12.7. The zero-order chi connectivity index (χ0) is 21.5. The second kappa shape index (κ2) is 10.5. The molecule has 1 aromatic rings. The smallest absolute Gasteiger partial charge is 0.407 e. The normalized spacial score (nSPS) is 13.5. The minimum atomic E-state index is -1.33. The molecule has 2 amide bonds. The van der Waals surface area contributed by atoms with Crippen LogP contribution in [0.2, 0.25) is 0 Å². The Hall–Kier alpha value is -1.97. The summed E-state index contributed by atoms with van der Waals surface area (Å²) in [5.41, 5.74) is 0.0859. The second-order valence-electron chi connectivity index (χ2n) is 7.18. The number of carbonyl (C=O) groups is 3. The molecule has 2 unspecified atom stereocenters. The number of alkyl carbamates (subject to hydrolysis) is 1. The number of ether oxygens (including phenoxy) is 2. The quantitative estimate of drug-likeness (QED) is 0.423. The molecule has 0 radical (unpaired) electrons. The summed E-state index contributed by atoms with van der Waals surface area (Å²) in [4.78, 5) is 37.4. The van der Waals surface area contributed by atoms with E-state index in [4.69, 9.17) is 9.47 Å². The van der Waals surface area contributed by atoms with Crippen molar-refractivity contribution < 1.29 is 29.0 Å². The van der Waals surface area contributed by atoms with Gasteiger partial charge >= 0.3 is 6.09 Å². The Bertz CT molecular complexity index is 695. The molecule has 1 heterocycles. The van der Waals surface area contributed by atoms with Crippen LogP contribution in [0.15, 0.2) is 6.07 Å². The summed E-state index contributed by atoms with van der Waals surface area (Å²) in [6.45, 7) is 8.75. The fourth-order valence-corrected chi connectivity index (χ4v) is 3.49. The highest BCUT2D eigenvalue weighted by atomic mass is 32.1. The van der Waals surface area contributed by atoms with Crippen LogP contribution in [-0.2, 0) is 15.9 Å². The van der Waals surface area contributed by atoms with Gasteiger partial charge in [-0.15, -0.1) is 11.3 Å². The molecule has 0 bridgehead atoms. The molecule has 0 aliphatic rings. The van der Waals surface area contributed by atoms with E-state index in [1.165, 1.54) is 7.11 Å². The molecule has 0 fully saturated rings. The molecular formula is C19H30N2O6S. The van der Waals surface area contributed by atoms with Crippen LogP contribution in [0.3, 0.4) is 0 Å². The van der Waals surface area contributed by atoms with Crippen molar-refractivity contribution in [1.29, 1.82) is 0 Å². The molecule has 9 heteroatoms. The number of aryl methyl sites for hydroxylation is 1. The van der Waals surface area contributed by atoms with E-state index in [0.717, 1.165) is 16.9 Å². The molecule has 0 aliphatic carbocycles. The van der Waals surface area contributed by atoms with Crippen LogP contribution in [0.25, 0.3) is 0 Å². The number of ketones is 1. The van der Waals surface area contributed by atoms with Gasteiger partial charge in [0.2, 0.25) is 0 Å². The number of thiophene rings is 1. The van der Waals surface area contributed by atoms with Crippen LogP contribution in [0.4, 0.5) is 4.79 Å². The molecule has 1 aromatic heterocycles. The molecule has 0 saturated carbocycles. The number of amides is 2. The predicted molar refractivity (Wildman–Crippen MR) is 107 cm³/mol. The van der Waals surface area contributed by atoms with E-state index < -0.39 is 29.9 Å². The highest BCUT2D eigenvalue weighted by Crippen LogP contribution is 2.24. The number of hydrogen-bond donors (Lipinski definition) is 3. The van der Waals surface area contributed by atoms with Crippen LogP contribution >= 0.6 is 11.3 Å². The Kier molecular flexibility index (Phi) is 9.06. The Balaban J connectivity index is 2.89. The van der Waals surface area contributed by atoms with Gasteiger partial charge in [0.15, 0.2) is 12.1 Å². The van der Waals surface area contributed by atoms with E-state index in [1.54, 1.807) is 33.8 Å². The minimum Gasteiger partial charge on any atom is -0.444 e. The Morgan fingerprint density at radius 3 is 2.39 bits per heavy atom. The summed E-state index contributed by atoms with van der Waals surface area (Å²) in [5, 5.41) is 15.2. The molecule has 0 spiro atoms. The fraction of sp³-hybridized carbons (Fsp3) is 0.632. The summed E-state index contributed by atoms with van der Waals surface area (Å²) in [7, 11) is 1.29. The van der Waals surface area contributed by atoms with Crippen molar-refractivity contribution in [1.82, 2.24) is 10.6 Å². The molecule has 28 heavy (non-hydrogen) atoms. The minimum absolute atomic E-state index is 0.0289. The third-order valence-corrected chi connectivity index (χ3v) is 4.98. The number of methoxy groups -OCH3 is 1. The fourth-order valence-electron chi connectivity index (χ4n) is 2.32. The van der Waals surface area contributed by atoms with Crippen molar-refractivity contribution in [3.05, 3.63) is 21.4 Å². The van der Waals surface area contributed by atoms with Crippen molar-refractivity contribution in [2.75, 3.05) is 13.7 Å². The monoisotopic (exact) mass is 414 g/mol. The number of rotatable bonds is 9. The summed E-state index contributed by atoms with van der Waals surface area (Å²) >= 11 is 1.12. The Labute approximate surface area is 169 Å². The van der Waals surface area contributed by atoms with Crippen molar-refractivity contribution >= 4 is 29.1 Å². The maximum Gasteiger partial charge on any atom is 0.407 e. The van der Waals surface area contributed by atoms with Gasteiger partial charge in [-0.25, -0.2) is 4.79 Å². The van der Waals surface area contributed by atoms with Crippen molar-refractivity contribution in [2.45, 2.75) is 65.4 Å². The highest BCUT2D eigenvalue weighted by molar-refractivity contribution is 7.16. The van der Waals surface area contributed by atoms with Gasteiger partial charge in [-0.2, -0.15) is 0 Å². The first kappa shape index (κ1) is 24.1. The molecule has 0 aromatic carbocycles. The van der Waals surface area contributed by atoms with Gasteiger partial charge < -0.3 is 25.2 Å². The lowest BCUT2D eigenvalue weighted by molar-refractivity contribution is -0.0941. The van der Waals surface area contributed by atoms with Crippen LogP contribution in [0.5, 0.6) is 0 Å². The molecule has 2 atom stereocenters. The first-order chi connectivity index (χ1) is 13.0.